The van der Waals surface area contributed by atoms with Crippen molar-refractivity contribution >= 4 is 6.16 Å². The molecule has 0 spiro atoms. The van der Waals surface area contributed by atoms with E-state index in [2.05, 4.69) is 0 Å². The average Bonchev–Trinajstić information content (AvgIpc) is 2.27. The summed E-state index contributed by atoms with van der Waals surface area (Å²) in [5.74, 6) is 0. The van der Waals surface area contributed by atoms with Gasteiger partial charge in [-0.2, -0.15) is 0 Å². The molecule has 2 saturated heterocycles. The number of carbonyl (C=O) groups is 1. The second-order valence-corrected chi connectivity index (χ2v) is 2.43. The van der Waals surface area contributed by atoms with E-state index in [1.807, 2.05) is 0 Å². The maximum atomic E-state index is 10.5. The Morgan fingerprint density at radius 1 is 1.30 bits per heavy atom. The molecule has 2 aliphatic heterocycles. The van der Waals surface area contributed by atoms with E-state index in [9.17, 15) is 4.79 Å². The van der Waals surface area contributed by atoms with E-state index < -0.39 is 6.16 Å². The van der Waals surface area contributed by atoms with Gasteiger partial charge < -0.3 is 14.2 Å². The number of ether oxygens (including phenoxy) is 3. The maximum absolute atomic E-state index is 10.5. The Morgan fingerprint density at radius 2 is 2.10 bits per heavy atom. The number of fused-ring (bicyclic) bond motifs is 1. The molecule has 0 aromatic rings. The SMILES string of the molecule is O=C1OC2CCOCC2O1. The van der Waals surface area contributed by atoms with Gasteiger partial charge in [0, 0.05) is 6.42 Å². The van der Waals surface area contributed by atoms with Crippen molar-refractivity contribution in [3.63, 3.8) is 0 Å². The quantitative estimate of drug-likeness (QED) is 0.459. The van der Waals surface area contributed by atoms with Crippen LogP contribution in [-0.2, 0) is 14.2 Å². The predicted octanol–water partition coefficient (Wildman–Crippen LogP) is 0.311. The Balaban J connectivity index is 2.04. The van der Waals surface area contributed by atoms with Gasteiger partial charge in [-0.25, -0.2) is 4.79 Å². The lowest BCUT2D eigenvalue weighted by molar-refractivity contribution is -0.0197. The van der Waals surface area contributed by atoms with Gasteiger partial charge in [-0.1, -0.05) is 0 Å². The van der Waals surface area contributed by atoms with Crippen LogP contribution in [0, 0.1) is 0 Å². The van der Waals surface area contributed by atoms with Gasteiger partial charge in [0.1, 0.15) is 6.10 Å². The molecular weight excluding hydrogens is 136 g/mol. The molecule has 0 aliphatic carbocycles. The van der Waals surface area contributed by atoms with E-state index in [0.717, 1.165) is 6.42 Å². The summed E-state index contributed by atoms with van der Waals surface area (Å²) < 4.78 is 14.7. The summed E-state index contributed by atoms with van der Waals surface area (Å²) in [5, 5.41) is 0. The zero-order chi connectivity index (χ0) is 6.97. The third kappa shape index (κ3) is 0.844. The highest BCUT2D eigenvalue weighted by Gasteiger charge is 2.38. The van der Waals surface area contributed by atoms with Crippen LogP contribution in [0.2, 0.25) is 0 Å². The van der Waals surface area contributed by atoms with E-state index in [0.29, 0.717) is 13.2 Å². The summed E-state index contributed by atoms with van der Waals surface area (Å²) in [5.41, 5.74) is 0. The van der Waals surface area contributed by atoms with Crippen molar-refractivity contribution in [2.24, 2.45) is 0 Å². The van der Waals surface area contributed by atoms with Gasteiger partial charge in [-0.05, 0) is 0 Å². The first-order valence-electron chi connectivity index (χ1n) is 3.31. The topological polar surface area (TPSA) is 44.8 Å². The molecule has 2 aliphatic rings. The molecule has 0 saturated carbocycles. The van der Waals surface area contributed by atoms with Gasteiger partial charge >= 0.3 is 6.16 Å². The monoisotopic (exact) mass is 144 g/mol. The van der Waals surface area contributed by atoms with Gasteiger partial charge in [0.2, 0.25) is 0 Å². The Kier molecular flexibility index (Phi) is 1.27. The number of rotatable bonds is 0. The molecule has 0 amide bonds. The first-order valence-corrected chi connectivity index (χ1v) is 3.31. The molecule has 4 heteroatoms. The van der Waals surface area contributed by atoms with Crippen molar-refractivity contribution in [2.75, 3.05) is 13.2 Å². The minimum Gasteiger partial charge on any atom is -0.427 e. The predicted molar refractivity (Wildman–Crippen MR) is 30.6 cm³/mol. The van der Waals surface area contributed by atoms with Crippen molar-refractivity contribution in [3.8, 4) is 0 Å². The smallest absolute Gasteiger partial charge is 0.427 e. The highest BCUT2D eigenvalue weighted by atomic mass is 16.8. The maximum Gasteiger partial charge on any atom is 0.509 e. The molecule has 2 heterocycles. The van der Waals surface area contributed by atoms with Crippen LogP contribution < -0.4 is 0 Å². The zero-order valence-electron chi connectivity index (χ0n) is 5.41. The van der Waals surface area contributed by atoms with Crippen LogP contribution in [0.5, 0.6) is 0 Å². The van der Waals surface area contributed by atoms with Crippen LogP contribution >= 0.6 is 0 Å². The van der Waals surface area contributed by atoms with E-state index in [1.54, 1.807) is 0 Å². The molecule has 0 N–H and O–H groups in total. The van der Waals surface area contributed by atoms with Crippen molar-refractivity contribution < 1.29 is 19.0 Å². The Hall–Kier alpha value is -0.770. The molecule has 56 valence electrons. The summed E-state index contributed by atoms with van der Waals surface area (Å²) in [6.45, 7) is 1.15. The Morgan fingerprint density at radius 3 is 2.90 bits per heavy atom. The van der Waals surface area contributed by atoms with Crippen LogP contribution in [0.1, 0.15) is 6.42 Å². The summed E-state index contributed by atoms with van der Waals surface area (Å²) in [6, 6.07) is 0. The largest absolute Gasteiger partial charge is 0.509 e. The second kappa shape index (κ2) is 2.12. The van der Waals surface area contributed by atoms with Crippen LogP contribution in [0.4, 0.5) is 4.79 Å². The molecular formula is C6H8O4. The van der Waals surface area contributed by atoms with Gasteiger partial charge in [0.05, 0.1) is 13.2 Å². The minimum atomic E-state index is -0.555. The molecule has 2 fully saturated rings. The molecule has 0 aromatic heterocycles. The normalized spacial score (nSPS) is 38.2. The van der Waals surface area contributed by atoms with Gasteiger partial charge in [-0.3, -0.25) is 0 Å². The van der Waals surface area contributed by atoms with Crippen LogP contribution in [0.3, 0.4) is 0 Å². The second-order valence-electron chi connectivity index (χ2n) is 2.43. The zero-order valence-corrected chi connectivity index (χ0v) is 5.41. The van der Waals surface area contributed by atoms with Crippen molar-refractivity contribution in [1.29, 1.82) is 0 Å². The Bertz CT molecular complexity index is 140. The highest BCUT2D eigenvalue weighted by molar-refractivity contribution is 5.62. The molecule has 2 atom stereocenters. The number of carbonyl (C=O) groups excluding carboxylic acids is 1. The number of hydrogen-bond acceptors (Lipinski definition) is 4. The van der Waals surface area contributed by atoms with E-state index in [-0.39, 0.29) is 12.2 Å². The van der Waals surface area contributed by atoms with E-state index in [1.165, 1.54) is 0 Å². The number of hydrogen-bond donors (Lipinski definition) is 0. The lowest BCUT2D eigenvalue weighted by atomic mass is 10.1. The molecule has 10 heavy (non-hydrogen) atoms. The molecule has 4 nitrogen and oxygen atoms in total. The first-order chi connectivity index (χ1) is 4.86. The van der Waals surface area contributed by atoms with E-state index in [4.69, 9.17) is 14.2 Å². The minimum absolute atomic E-state index is 0.0544. The standard InChI is InChI=1S/C6H8O4/c7-6-9-4-1-2-8-3-5(4)10-6/h4-5H,1-3H2. The lowest BCUT2D eigenvalue weighted by Crippen LogP contribution is -2.33. The van der Waals surface area contributed by atoms with Gasteiger partial charge in [0.15, 0.2) is 6.10 Å². The van der Waals surface area contributed by atoms with Gasteiger partial charge in [-0.15, -0.1) is 0 Å². The van der Waals surface area contributed by atoms with Crippen LogP contribution in [0.15, 0.2) is 0 Å². The van der Waals surface area contributed by atoms with Crippen molar-refractivity contribution in [1.82, 2.24) is 0 Å². The summed E-state index contributed by atoms with van der Waals surface area (Å²) in [6.07, 6.45) is -0.000787. The van der Waals surface area contributed by atoms with Crippen LogP contribution in [-0.4, -0.2) is 31.6 Å². The fourth-order valence-electron chi connectivity index (χ4n) is 1.21. The molecule has 2 unspecified atom stereocenters. The molecule has 2 rings (SSSR count). The summed E-state index contributed by atoms with van der Waals surface area (Å²) >= 11 is 0. The Labute approximate surface area is 58.1 Å². The fourth-order valence-corrected chi connectivity index (χ4v) is 1.21. The summed E-state index contributed by atoms with van der Waals surface area (Å²) in [4.78, 5) is 10.5. The molecule has 0 radical (unpaired) electrons. The van der Waals surface area contributed by atoms with Crippen molar-refractivity contribution in [3.05, 3.63) is 0 Å². The summed E-state index contributed by atoms with van der Waals surface area (Å²) in [7, 11) is 0. The van der Waals surface area contributed by atoms with Gasteiger partial charge in [0.25, 0.3) is 0 Å². The third-order valence-corrected chi connectivity index (χ3v) is 1.74. The molecule has 0 bridgehead atoms. The van der Waals surface area contributed by atoms with Crippen molar-refractivity contribution in [2.45, 2.75) is 18.6 Å². The first kappa shape index (κ1) is 5.97. The van der Waals surface area contributed by atoms with Crippen LogP contribution in [0.25, 0.3) is 0 Å². The highest BCUT2D eigenvalue weighted by Crippen LogP contribution is 2.21. The van der Waals surface area contributed by atoms with E-state index >= 15 is 0 Å². The lowest BCUT2D eigenvalue weighted by Gasteiger charge is -2.20. The molecule has 0 aromatic carbocycles. The fraction of sp³-hybridized carbons (Fsp3) is 0.833. The third-order valence-electron chi connectivity index (χ3n) is 1.74. The average molecular weight is 144 g/mol.